The van der Waals surface area contributed by atoms with Crippen LogP contribution in [0.1, 0.15) is 13.8 Å². The van der Waals surface area contributed by atoms with E-state index in [0.29, 0.717) is 21.3 Å². The number of carbonyl (C=O) groups excluding carboxylic acids is 1. The highest BCUT2D eigenvalue weighted by molar-refractivity contribution is 7.17. The van der Waals surface area contributed by atoms with Crippen molar-refractivity contribution in [2.45, 2.75) is 26.5 Å². The number of aromatic nitrogens is 2. The third-order valence-corrected chi connectivity index (χ3v) is 4.31. The van der Waals surface area contributed by atoms with Crippen molar-refractivity contribution in [3.05, 3.63) is 52.1 Å². The predicted octanol–water partition coefficient (Wildman–Crippen LogP) is 3.22. The molecule has 3 aromatic rings. The first-order valence-electron chi connectivity index (χ1n) is 7.38. The minimum atomic E-state index is -0.491. The second-order valence-corrected chi connectivity index (χ2v) is 6.43. The molecule has 124 valence electrons. The lowest BCUT2D eigenvalue weighted by Gasteiger charge is -2.09. The zero-order valence-electron chi connectivity index (χ0n) is 13.2. The van der Waals surface area contributed by atoms with Gasteiger partial charge in [0.05, 0.1) is 17.9 Å². The maximum atomic E-state index is 13.4. The van der Waals surface area contributed by atoms with Gasteiger partial charge in [0.2, 0.25) is 0 Å². The van der Waals surface area contributed by atoms with Gasteiger partial charge < -0.3 is 4.74 Å². The summed E-state index contributed by atoms with van der Waals surface area (Å²) in [4.78, 5) is 28.5. The quantitative estimate of drug-likeness (QED) is 0.681. The first-order valence-corrected chi connectivity index (χ1v) is 8.25. The maximum Gasteiger partial charge on any atom is 0.326 e. The molecule has 0 fully saturated rings. The Morgan fingerprint density at radius 2 is 2.21 bits per heavy atom. The van der Waals surface area contributed by atoms with E-state index < -0.39 is 5.97 Å². The molecule has 5 nitrogen and oxygen atoms in total. The van der Waals surface area contributed by atoms with Crippen LogP contribution in [0.15, 0.2) is 40.8 Å². The zero-order valence-corrected chi connectivity index (χ0v) is 14.0. The molecule has 2 heterocycles. The highest BCUT2D eigenvalue weighted by atomic mass is 32.1. The minimum Gasteiger partial charge on any atom is -0.462 e. The fraction of sp³-hybridized carbons (Fsp3) is 0.235. The monoisotopic (exact) mass is 346 g/mol. The normalized spacial score (nSPS) is 11.2. The van der Waals surface area contributed by atoms with E-state index in [0.717, 1.165) is 0 Å². The molecule has 0 saturated carbocycles. The van der Waals surface area contributed by atoms with Crippen LogP contribution in [0.2, 0.25) is 0 Å². The zero-order chi connectivity index (χ0) is 17.3. The van der Waals surface area contributed by atoms with Crippen LogP contribution in [-0.2, 0) is 16.1 Å². The van der Waals surface area contributed by atoms with Crippen molar-refractivity contribution in [1.82, 2.24) is 9.55 Å². The largest absolute Gasteiger partial charge is 0.462 e. The molecule has 0 amide bonds. The summed E-state index contributed by atoms with van der Waals surface area (Å²) in [6.07, 6.45) is 1.08. The Kier molecular flexibility index (Phi) is 4.44. The lowest BCUT2D eigenvalue weighted by molar-refractivity contribution is -0.148. The first kappa shape index (κ1) is 16.3. The van der Waals surface area contributed by atoms with E-state index in [1.165, 1.54) is 34.4 Å². The molecule has 0 aliphatic heterocycles. The smallest absolute Gasteiger partial charge is 0.326 e. The molecule has 3 rings (SSSR count). The molecule has 1 aromatic carbocycles. The van der Waals surface area contributed by atoms with Crippen LogP contribution in [-0.4, -0.2) is 21.6 Å². The summed E-state index contributed by atoms with van der Waals surface area (Å²) in [5.41, 5.74) is 1.55. The third kappa shape index (κ3) is 3.21. The number of halogens is 1. The topological polar surface area (TPSA) is 61.2 Å². The van der Waals surface area contributed by atoms with E-state index in [1.54, 1.807) is 31.4 Å². The van der Waals surface area contributed by atoms with Gasteiger partial charge in [-0.15, -0.1) is 11.3 Å². The molecule has 24 heavy (non-hydrogen) atoms. The molecular formula is C17H15FN2O3S. The summed E-state index contributed by atoms with van der Waals surface area (Å²) < 4.78 is 20.1. The molecule has 0 aliphatic carbocycles. The molecule has 0 unspecified atom stereocenters. The van der Waals surface area contributed by atoms with Crippen molar-refractivity contribution in [1.29, 1.82) is 0 Å². The summed E-state index contributed by atoms with van der Waals surface area (Å²) in [7, 11) is 0. The second kappa shape index (κ2) is 6.52. The van der Waals surface area contributed by atoms with Gasteiger partial charge in [-0.25, -0.2) is 9.37 Å². The number of fused-ring (bicyclic) bond motifs is 1. The molecule has 0 aliphatic rings. The van der Waals surface area contributed by atoms with E-state index >= 15 is 0 Å². The molecule has 0 spiro atoms. The van der Waals surface area contributed by atoms with Crippen molar-refractivity contribution in [2.24, 2.45) is 0 Å². The molecule has 0 radical (unpaired) electrons. The fourth-order valence-electron chi connectivity index (χ4n) is 2.35. The predicted molar refractivity (Wildman–Crippen MR) is 90.5 cm³/mol. The van der Waals surface area contributed by atoms with Gasteiger partial charge in [0.25, 0.3) is 5.56 Å². The van der Waals surface area contributed by atoms with Gasteiger partial charge in [-0.3, -0.25) is 14.2 Å². The summed E-state index contributed by atoms with van der Waals surface area (Å²) in [6.45, 7) is 3.30. The molecule has 0 N–H and O–H groups in total. The Morgan fingerprint density at radius 3 is 2.92 bits per heavy atom. The lowest BCUT2D eigenvalue weighted by atomic mass is 10.1. The third-order valence-electron chi connectivity index (χ3n) is 3.35. The molecule has 0 atom stereocenters. The van der Waals surface area contributed by atoms with Crippen LogP contribution < -0.4 is 5.56 Å². The number of hydrogen-bond acceptors (Lipinski definition) is 5. The van der Waals surface area contributed by atoms with Crippen LogP contribution in [0.25, 0.3) is 21.3 Å². The van der Waals surface area contributed by atoms with Gasteiger partial charge in [-0.2, -0.15) is 0 Å². The molecule has 0 saturated heterocycles. The average molecular weight is 346 g/mol. The summed E-state index contributed by atoms with van der Waals surface area (Å²) >= 11 is 1.23. The van der Waals surface area contributed by atoms with E-state index in [-0.39, 0.29) is 24.0 Å². The Balaban J connectivity index is 2.00. The van der Waals surface area contributed by atoms with Gasteiger partial charge in [-0.1, -0.05) is 12.1 Å². The van der Waals surface area contributed by atoms with Crippen molar-refractivity contribution >= 4 is 27.5 Å². The lowest BCUT2D eigenvalue weighted by Crippen LogP contribution is -2.26. The number of ether oxygens (including phenoxy) is 1. The molecule has 7 heteroatoms. The first-order chi connectivity index (χ1) is 11.5. The summed E-state index contributed by atoms with van der Waals surface area (Å²) in [6, 6.07) is 6.13. The van der Waals surface area contributed by atoms with Crippen LogP contribution in [0.4, 0.5) is 4.39 Å². The molecule has 0 bridgehead atoms. The van der Waals surface area contributed by atoms with Crippen LogP contribution in [0.5, 0.6) is 0 Å². The van der Waals surface area contributed by atoms with Crippen LogP contribution in [0.3, 0.4) is 0 Å². The van der Waals surface area contributed by atoms with Gasteiger partial charge in [0.1, 0.15) is 17.1 Å². The van der Waals surface area contributed by atoms with Gasteiger partial charge in [0.15, 0.2) is 0 Å². The highest BCUT2D eigenvalue weighted by Crippen LogP contribution is 2.30. The number of carbonyl (C=O) groups is 1. The second-order valence-electron chi connectivity index (χ2n) is 5.55. The van der Waals surface area contributed by atoms with Crippen LogP contribution >= 0.6 is 11.3 Å². The minimum absolute atomic E-state index is 0.187. The van der Waals surface area contributed by atoms with Crippen molar-refractivity contribution < 1.29 is 13.9 Å². The van der Waals surface area contributed by atoms with E-state index in [1.807, 2.05) is 0 Å². The van der Waals surface area contributed by atoms with E-state index in [2.05, 4.69) is 4.98 Å². The summed E-state index contributed by atoms with van der Waals surface area (Å²) in [5.74, 6) is -0.841. The average Bonchev–Trinajstić information content (AvgIpc) is 2.94. The van der Waals surface area contributed by atoms with Gasteiger partial charge in [0, 0.05) is 10.9 Å². The van der Waals surface area contributed by atoms with Crippen molar-refractivity contribution in [3.8, 4) is 11.1 Å². The molecular weight excluding hydrogens is 331 g/mol. The summed E-state index contributed by atoms with van der Waals surface area (Å²) in [5, 5.41) is 1.77. The van der Waals surface area contributed by atoms with Crippen LogP contribution in [0, 0.1) is 5.82 Å². The van der Waals surface area contributed by atoms with Gasteiger partial charge in [-0.05, 0) is 31.5 Å². The SMILES string of the molecule is CC(C)OC(=O)Cn1cnc2c(-c3cccc(F)c3)csc2c1=O. The van der Waals surface area contributed by atoms with E-state index in [9.17, 15) is 14.0 Å². The fourth-order valence-corrected chi connectivity index (χ4v) is 3.33. The number of hydrogen-bond donors (Lipinski definition) is 0. The van der Waals surface area contributed by atoms with Crippen molar-refractivity contribution in [3.63, 3.8) is 0 Å². The number of nitrogens with zero attached hydrogens (tertiary/aromatic N) is 2. The maximum absolute atomic E-state index is 13.4. The van der Waals surface area contributed by atoms with Gasteiger partial charge >= 0.3 is 5.97 Å². The number of benzene rings is 1. The highest BCUT2D eigenvalue weighted by Gasteiger charge is 2.15. The Labute approximate surface area is 141 Å². The Bertz CT molecular complexity index is 962. The standard InChI is InChI=1S/C17H15FN2O3S/c1-10(2)23-14(21)7-20-9-19-15-13(8-24-16(15)17(20)22)11-4-3-5-12(18)6-11/h3-6,8-10H,7H2,1-2H3. The number of esters is 1. The number of rotatable bonds is 4. The Morgan fingerprint density at radius 1 is 1.42 bits per heavy atom. The van der Waals surface area contributed by atoms with Crippen molar-refractivity contribution in [2.75, 3.05) is 0 Å². The Hall–Kier alpha value is -2.54. The number of thiophene rings is 1. The molecule has 2 aromatic heterocycles. The van der Waals surface area contributed by atoms with E-state index in [4.69, 9.17) is 4.74 Å².